The standard InChI is InChI=1S/C24H26ClN3O5S/c1-13(2)17-9-18(25)14(3)7-20(17)33-12-16-8-15(5-6-19(16)32-4)11-26-28-24-27-23(31)21(34-24)10-22(29)30/h5-9,11,13,21H,10,12H2,1-4H3,(H,29,30)(H,27,28,31). The highest BCUT2D eigenvalue weighted by Gasteiger charge is 2.32. The lowest BCUT2D eigenvalue weighted by molar-refractivity contribution is -0.138. The van der Waals surface area contributed by atoms with Gasteiger partial charge in [0.15, 0.2) is 5.17 Å². The molecule has 1 saturated heterocycles. The van der Waals surface area contributed by atoms with Gasteiger partial charge in [0.1, 0.15) is 23.4 Å². The van der Waals surface area contributed by atoms with Crippen molar-refractivity contribution in [2.45, 2.75) is 45.0 Å². The highest BCUT2D eigenvalue weighted by Crippen LogP contribution is 2.33. The van der Waals surface area contributed by atoms with Crippen LogP contribution in [0.3, 0.4) is 0 Å². The molecule has 1 atom stereocenters. The molecular weight excluding hydrogens is 478 g/mol. The van der Waals surface area contributed by atoms with Crippen LogP contribution in [0.1, 0.15) is 48.4 Å². The average molecular weight is 504 g/mol. The number of hydrogen-bond donors (Lipinski definition) is 2. The number of nitrogens with zero attached hydrogens (tertiary/aromatic N) is 2. The van der Waals surface area contributed by atoms with Crippen molar-refractivity contribution in [1.82, 2.24) is 5.32 Å². The van der Waals surface area contributed by atoms with Gasteiger partial charge in [-0.25, -0.2) is 0 Å². The van der Waals surface area contributed by atoms with Crippen molar-refractivity contribution in [2.75, 3.05) is 7.11 Å². The van der Waals surface area contributed by atoms with E-state index in [-0.39, 0.29) is 30.0 Å². The van der Waals surface area contributed by atoms with Gasteiger partial charge in [0.25, 0.3) is 0 Å². The second-order valence-corrected chi connectivity index (χ2v) is 9.60. The number of hydrogen-bond acceptors (Lipinski definition) is 7. The number of aryl methyl sites for hydroxylation is 1. The molecule has 34 heavy (non-hydrogen) atoms. The van der Waals surface area contributed by atoms with Gasteiger partial charge >= 0.3 is 5.97 Å². The van der Waals surface area contributed by atoms with Crippen molar-refractivity contribution < 1.29 is 24.2 Å². The van der Waals surface area contributed by atoms with Crippen LogP contribution in [0.25, 0.3) is 0 Å². The van der Waals surface area contributed by atoms with E-state index in [1.54, 1.807) is 13.3 Å². The summed E-state index contributed by atoms with van der Waals surface area (Å²) >= 11 is 7.35. The van der Waals surface area contributed by atoms with Crippen LogP contribution >= 0.6 is 23.4 Å². The molecule has 3 rings (SSSR count). The molecule has 0 spiro atoms. The number of amides is 1. The van der Waals surface area contributed by atoms with Crippen LogP contribution in [0, 0.1) is 6.92 Å². The summed E-state index contributed by atoms with van der Waals surface area (Å²) < 4.78 is 11.6. The van der Waals surface area contributed by atoms with Crippen LogP contribution in [0.4, 0.5) is 0 Å². The van der Waals surface area contributed by atoms with E-state index in [4.69, 9.17) is 26.2 Å². The minimum absolute atomic E-state index is 0.247. The molecule has 180 valence electrons. The number of carbonyl (C=O) groups is 2. The van der Waals surface area contributed by atoms with Gasteiger partial charge in [0, 0.05) is 10.6 Å². The number of methoxy groups -OCH3 is 1. The largest absolute Gasteiger partial charge is 0.496 e. The molecule has 0 saturated carbocycles. The van der Waals surface area contributed by atoms with Gasteiger partial charge in [0.2, 0.25) is 5.91 Å². The van der Waals surface area contributed by atoms with Crippen LogP contribution in [-0.4, -0.2) is 40.7 Å². The molecule has 0 aliphatic carbocycles. The van der Waals surface area contributed by atoms with E-state index in [9.17, 15) is 9.59 Å². The summed E-state index contributed by atoms with van der Waals surface area (Å²) in [5.74, 6) is 0.268. The van der Waals surface area contributed by atoms with E-state index in [0.29, 0.717) is 10.8 Å². The first-order valence-electron chi connectivity index (χ1n) is 10.6. The fourth-order valence-electron chi connectivity index (χ4n) is 3.29. The summed E-state index contributed by atoms with van der Waals surface area (Å²) in [5.41, 5.74) is 3.55. The number of carboxylic acid groups (broad SMARTS) is 1. The molecule has 1 aliphatic rings. The summed E-state index contributed by atoms with van der Waals surface area (Å²) in [7, 11) is 1.60. The quantitative estimate of drug-likeness (QED) is 0.377. The number of benzene rings is 2. The lowest BCUT2D eigenvalue weighted by Gasteiger charge is -2.17. The molecule has 1 fully saturated rings. The van der Waals surface area contributed by atoms with Gasteiger partial charge < -0.3 is 19.9 Å². The van der Waals surface area contributed by atoms with Crippen molar-refractivity contribution in [2.24, 2.45) is 10.2 Å². The van der Waals surface area contributed by atoms with Crippen molar-refractivity contribution >= 4 is 46.6 Å². The Balaban J connectivity index is 1.74. The van der Waals surface area contributed by atoms with Crippen LogP contribution in [-0.2, 0) is 16.2 Å². The second-order valence-electron chi connectivity index (χ2n) is 8.00. The van der Waals surface area contributed by atoms with Crippen LogP contribution < -0.4 is 14.8 Å². The zero-order valence-electron chi connectivity index (χ0n) is 19.3. The number of halogens is 1. The van der Waals surface area contributed by atoms with Crippen molar-refractivity contribution in [1.29, 1.82) is 0 Å². The zero-order valence-corrected chi connectivity index (χ0v) is 20.9. The Morgan fingerprint density at radius 3 is 2.74 bits per heavy atom. The SMILES string of the molecule is COc1ccc(C=NN=C2NC(=O)C(CC(=O)O)S2)cc1COc1cc(C)c(Cl)cc1C(C)C. The number of thioether (sulfide) groups is 1. The fourth-order valence-corrected chi connectivity index (χ4v) is 4.37. The average Bonchev–Trinajstić information content (AvgIpc) is 3.12. The molecule has 1 unspecified atom stereocenters. The summed E-state index contributed by atoms with van der Waals surface area (Å²) in [6, 6.07) is 9.41. The minimum Gasteiger partial charge on any atom is -0.496 e. The van der Waals surface area contributed by atoms with Gasteiger partial charge in [-0.3, -0.25) is 9.59 Å². The molecular formula is C24H26ClN3O5S. The molecule has 10 heteroatoms. The first-order valence-corrected chi connectivity index (χ1v) is 11.8. The molecule has 0 radical (unpaired) electrons. The number of nitrogens with one attached hydrogen (secondary N) is 1. The monoisotopic (exact) mass is 503 g/mol. The normalized spacial score (nSPS) is 16.9. The molecule has 2 aromatic rings. The third-order valence-electron chi connectivity index (χ3n) is 5.09. The molecule has 2 N–H and O–H groups in total. The summed E-state index contributed by atoms with van der Waals surface area (Å²) in [4.78, 5) is 22.6. The summed E-state index contributed by atoms with van der Waals surface area (Å²) in [6.45, 7) is 6.39. The van der Waals surface area contributed by atoms with Gasteiger partial charge in [-0.1, -0.05) is 37.2 Å². The van der Waals surface area contributed by atoms with E-state index in [2.05, 4.69) is 29.4 Å². The van der Waals surface area contributed by atoms with Crippen LogP contribution in [0.15, 0.2) is 40.5 Å². The van der Waals surface area contributed by atoms with E-state index in [1.807, 2.05) is 37.3 Å². The fraction of sp³-hybridized carbons (Fsp3) is 0.333. The van der Waals surface area contributed by atoms with Crippen molar-refractivity contribution in [3.8, 4) is 11.5 Å². The predicted molar refractivity (Wildman–Crippen MR) is 134 cm³/mol. The van der Waals surface area contributed by atoms with Crippen molar-refractivity contribution in [3.63, 3.8) is 0 Å². The second kappa shape index (κ2) is 11.4. The Labute approximate surface area is 207 Å². The molecule has 1 aliphatic heterocycles. The predicted octanol–water partition coefficient (Wildman–Crippen LogP) is 4.76. The van der Waals surface area contributed by atoms with Gasteiger partial charge in [-0.2, -0.15) is 5.10 Å². The highest BCUT2D eigenvalue weighted by atomic mass is 35.5. The third-order valence-corrected chi connectivity index (χ3v) is 6.57. The van der Waals surface area contributed by atoms with Gasteiger partial charge in [0.05, 0.1) is 19.7 Å². The van der Waals surface area contributed by atoms with Crippen LogP contribution in [0.2, 0.25) is 5.02 Å². The lowest BCUT2D eigenvalue weighted by Crippen LogP contribution is -2.26. The molecule has 0 bridgehead atoms. The minimum atomic E-state index is -1.04. The summed E-state index contributed by atoms with van der Waals surface area (Å²) in [5, 5.41) is 19.7. The Hall–Kier alpha value is -3.04. The summed E-state index contributed by atoms with van der Waals surface area (Å²) in [6.07, 6.45) is 1.27. The first kappa shape index (κ1) is 25.6. The smallest absolute Gasteiger partial charge is 0.305 e. The van der Waals surface area contributed by atoms with E-state index >= 15 is 0 Å². The molecule has 2 aromatic carbocycles. The Kier molecular flexibility index (Phi) is 8.57. The maximum atomic E-state index is 11.8. The molecule has 1 heterocycles. The number of aliphatic carboxylic acids is 1. The number of rotatable bonds is 9. The molecule has 1 amide bonds. The zero-order chi connectivity index (χ0) is 24.8. The number of carbonyl (C=O) groups excluding carboxylic acids is 1. The Morgan fingerprint density at radius 1 is 1.29 bits per heavy atom. The topological polar surface area (TPSA) is 110 Å². The number of ether oxygens (including phenoxy) is 2. The van der Waals surface area contributed by atoms with E-state index in [1.165, 1.54) is 0 Å². The Bertz CT molecular complexity index is 1150. The van der Waals surface area contributed by atoms with Crippen LogP contribution in [0.5, 0.6) is 11.5 Å². The van der Waals surface area contributed by atoms with E-state index in [0.717, 1.165) is 39.8 Å². The highest BCUT2D eigenvalue weighted by molar-refractivity contribution is 8.15. The van der Waals surface area contributed by atoms with Gasteiger partial charge in [-0.15, -0.1) is 5.10 Å². The maximum Gasteiger partial charge on any atom is 0.305 e. The van der Waals surface area contributed by atoms with E-state index < -0.39 is 11.2 Å². The first-order chi connectivity index (χ1) is 16.2. The molecule has 0 aromatic heterocycles. The van der Waals surface area contributed by atoms with Gasteiger partial charge in [-0.05, 0) is 59.9 Å². The maximum absolute atomic E-state index is 11.8. The number of amidine groups is 1. The number of carboxylic acids is 1. The Morgan fingerprint density at radius 2 is 2.06 bits per heavy atom. The third kappa shape index (κ3) is 6.51. The van der Waals surface area contributed by atoms with Crippen molar-refractivity contribution in [3.05, 3.63) is 57.6 Å². The molecule has 8 nitrogen and oxygen atoms in total. The lowest BCUT2D eigenvalue weighted by atomic mass is 10.0.